The largest absolute Gasteiger partial charge is 0.481 e. The zero-order valence-corrected chi connectivity index (χ0v) is 18.3. The molecule has 0 unspecified atom stereocenters. The van der Waals surface area contributed by atoms with Crippen molar-refractivity contribution in [3.8, 4) is 5.69 Å². The standard InChI is InChI=1S/C17H20FN5O4S.C2H4O2/c1-20-16(24)8-15-21-17(11-6-9-2-5-14(11)27-9)23(22-15)13-7-10(28(19,25)26)3-4-12(13)18;1-2(3)4/h3-4,7,9,11,14H,2,5-6,8H2,1H3,(H,20,24)(H2,19,25,26);1H3,(H,3,4)/t9-,11+,14+;/m0./s1. The van der Waals surface area contributed by atoms with Crippen molar-refractivity contribution >= 4 is 21.9 Å². The fourth-order valence-electron chi connectivity index (χ4n) is 3.83. The number of carbonyl (C=O) groups is 2. The minimum Gasteiger partial charge on any atom is -0.481 e. The molecule has 174 valence electrons. The van der Waals surface area contributed by atoms with Gasteiger partial charge in [0.25, 0.3) is 5.97 Å². The molecule has 0 aliphatic carbocycles. The van der Waals surface area contributed by atoms with Crippen LogP contribution in [0.2, 0.25) is 0 Å². The van der Waals surface area contributed by atoms with Gasteiger partial charge in [-0.05, 0) is 37.5 Å². The number of primary sulfonamides is 1. The van der Waals surface area contributed by atoms with Gasteiger partial charge in [-0.15, -0.1) is 0 Å². The van der Waals surface area contributed by atoms with E-state index in [-0.39, 0.29) is 46.9 Å². The van der Waals surface area contributed by atoms with Crippen molar-refractivity contribution < 1.29 is 32.2 Å². The van der Waals surface area contributed by atoms with Crippen molar-refractivity contribution in [1.29, 1.82) is 0 Å². The predicted octanol–water partition coefficient (Wildman–Crippen LogP) is 0.468. The summed E-state index contributed by atoms with van der Waals surface area (Å²) in [7, 11) is -2.52. The summed E-state index contributed by atoms with van der Waals surface area (Å²) in [6.45, 7) is 1.08. The molecular formula is C19H24FN5O6S. The summed E-state index contributed by atoms with van der Waals surface area (Å²) in [5.41, 5.74) is -0.0834. The number of benzene rings is 1. The maximum atomic E-state index is 14.6. The lowest BCUT2D eigenvalue weighted by Gasteiger charge is -2.18. The second kappa shape index (κ2) is 9.30. The lowest BCUT2D eigenvalue weighted by Crippen LogP contribution is -2.20. The summed E-state index contributed by atoms with van der Waals surface area (Å²) >= 11 is 0. The van der Waals surface area contributed by atoms with E-state index >= 15 is 0 Å². The van der Waals surface area contributed by atoms with E-state index in [0.717, 1.165) is 44.4 Å². The predicted molar refractivity (Wildman–Crippen MR) is 109 cm³/mol. The molecule has 0 radical (unpaired) electrons. The summed E-state index contributed by atoms with van der Waals surface area (Å²) in [4.78, 5) is 25.0. The Morgan fingerprint density at radius 3 is 2.59 bits per heavy atom. The van der Waals surface area contributed by atoms with Gasteiger partial charge >= 0.3 is 0 Å². The molecule has 3 atom stereocenters. The zero-order valence-electron chi connectivity index (χ0n) is 17.5. The molecule has 2 saturated heterocycles. The Bertz CT molecular complexity index is 1130. The number of carbonyl (C=O) groups excluding carboxylic acids is 1. The average Bonchev–Trinajstić information content (AvgIpc) is 3.42. The van der Waals surface area contributed by atoms with Gasteiger partial charge in [0, 0.05) is 19.9 Å². The average molecular weight is 469 g/mol. The number of sulfonamides is 1. The smallest absolute Gasteiger partial charge is 0.300 e. The van der Waals surface area contributed by atoms with Gasteiger partial charge in [0.15, 0.2) is 5.82 Å². The summed E-state index contributed by atoms with van der Waals surface area (Å²) in [5, 5.41) is 19.4. The van der Waals surface area contributed by atoms with Crippen LogP contribution in [0.1, 0.15) is 43.8 Å². The Labute approximate surface area is 183 Å². The lowest BCUT2D eigenvalue weighted by molar-refractivity contribution is -0.134. The fraction of sp³-hybridized carbons (Fsp3) is 0.474. The normalized spacial score (nSPS) is 21.7. The van der Waals surface area contributed by atoms with E-state index < -0.39 is 21.8 Å². The molecule has 1 aromatic heterocycles. The number of likely N-dealkylation sites (N-methyl/N-ethyl adjacent to an activating group) is 1. The van der Waals surface area contributed by atoms with E-state index in [9.17, 15) is 17.6 Å². The van der Waals surface area contributed by atoms with E-state index in [1.807, 2.05) is 0 Å². The number of rotatable bonds is 5. The number of hydrogen-bond donors (Lipinski definition) is 3. The number of halogens is 1. The number of nitrogens with one attached hydrogen (secondary N) is 1. The molecule has 4 N–H and O–H groups in total. The first-order valence-corrected chi connectivity index (χ1v) is 11.4. The van der Waals surface area contributed by atoms with Gasteiger partial charge < -0.3 is 15.2 Å². The van der Waals surface area contributed by atoms with Gasteiger partial charge in [-0.25, -0.2) is 27.6 Å². The Morgan fingerprint density at radius 2 is 2.06 bits per heavy atom. The molecule has 2 aromatic rings. The Kier molecular flexibility index (Phi) is 6.91. The van der Waals surface area contributed by atoms with Gasteiger partial charge in [0.1, 0.15) is 17.3 Å². The van der Waals surface area contributed by atoms with Crippen LogP contribution in [0.4, 0.5) is 4.39 Å². The molecule has 1 amide bonds. The number of carboxylic acid groups (broad SMARTS) is 1. The number of nitrogens with two attached hydrogens (primary N) is 1. The molecule has 13 heteroatoms. The van der Waals surface area contributed by atoms with Gasteiger partial charge in [-0.1, -0.05) is 0 Å². The van der Waals surface area contributed by atoms with Crippen molar-refractivity contribution in [2.75, 3.05) is 7.05 Å². The van der Waals surface area contributed by atoms with Crippen molar-refractivity contribution in [1.82, 2.24) is 20.1 Å². The number of fused-ring (bicyclic) bond motifs is 2. The second-order valence-corrected chi connectivity index (χ2v) is 9.10. The first-order valence-electron chi connectivity index (χ1n) is 9.83. The number of aromatic nitrogens is 3. The number of hydrogen-bond acceptors (Lipinski definition) is 7. The fourth-order valence-corrected chi connectivity index (χ4v) is 4.37. The van der Waals surface area contributed by atoms with Crippen LogP contribution in [0.25, 0.3) is 5.69 Å². The minimum atomic E-state index is -4.02. The lowest BCUT2D eigenvalue weighted by atomic mass is 9.88. The summed E-state index contributed by atoms with van der Waals surface area (Å²) in [5.74, 6) is -1.22. The van der Waals surface area contributed by atoms with E-state index in [4.69, 9.17) is 19.8 Å². The van der Waals surface area contributed by atoms with Gasteiger partial charge in [0.2, 0.25) is 15.9 Å². The highest BCUT2D eigenvalue weighted by molar-refractivity contribution is 7.89. The van der Waals surface area contributed by atoms with Crippen molar-refractivity contribution in [2.45, 2.75) is 55.6 Å². The topological polar surface area (TPSA) is 166 Å². The van der Waals surface area contributed by atoms with E-state index in [1.54, 1.807) is 0 Å². The third kappa shape index (κ3) is 5.29. The van der Waals surface area contributed by atoms with Crippen LogP contribution in [0.15, 0.2) is 23.1 Å². The summed E-state index contributed by atoms with van der Waals surface area (Å²) < 4.78 is 45.2. The van der Waals surface area contributed by atoms with Crippen molar-refractivity contribution in [3.05, 3.63) is 35.7 Å². The van der Waals surface area contributed by atoms with Crippen LogP contribution >= 0.6 is 0 Å². The Morgan fingerprint density at radius 1 is 1.38 bits per heavy atom. The van der Waals surface area contributed by atoms with Crippen LogP contribution in [0.3, 0.4) is 0 Å². The first kappa shape index (κ1) is 23.8. The van der Waals surface area contributed by atoms with E-state index in [0.29, 0.717) is 5.82 Å². The number of carboxylic acids is 1. The molecule has 2 aliphatic heterocycles. The quantitative estimate of drug-likeness (QED) is 0.568. The number of nitrogens with zero attached hydrogens (tertiary/aromatic N) is 3. The summed E-state index contributed by atoms with van der Waals surface area (Å²) in [6, 6.07) is 3.24. The van der Waals surface area contributed by atoms with Crippen LogP contribution in [-0.4, -0.2) is 59.4 Å². The second-order valence-electron chi connectivity index (χ2n) is 7.54. The Balaban J connectivity index is 0.000000668. The maximum absolute atomic E-state index is 14.6. The van der Waals surface area contributed by atoms with Crippen LogP contribution in [0.5, 0.6) is 0 Å². The van der Waals surface area contributed by atoms with Gasteiger partial charge in [0.05, 0.1) is 23.5 Å². The highest BCUT2D eigenvalue weighted by Crippen LogP contribution is 2.44. The molecule has 11 nitrogen and oxygen atoms in total. The molecule has 2 aliphatic rings. The SMILES string of the molecule is CC(=O)O.CNC(=O)Cc1nc([C@@H]2C[C@@H]3CC[C@H]2O3)n(-c2cc(S(N)(=O)=O)ccc2F)n1. The molecule has 3 heterocycles. The number of amides is 1. The molecule has 0 spiro atoms. The Hall–Kier alpha value is -2.90. The third-order valence-corrected chi connectivity index (χ3v) is 6.10. The zero-order chi connectivity index (χ0) is 23.6. The van der Waals surface area contributed by atoms with Crippen molar-refractivity contribution in [2.24, 2.45) is 5.14 Å². The monoisotopic (exact) mass is 469 g/mol. The molecular weight excluding hydrogens is 445 g/mol. The minimum absolute atomic E-state index is 0.0507. The maximum Gasteiger partial charge on any atom is 0.300 e. The van der Waals surface area contributed by atoms with Gasteiger partial charge in [-0.3, -0.25) is 9.59 Å². The first-order chi connectivity index (χ1) is 15.0. The molecule has 2 fully saturated rings. The van der Waals surface area contributed by atoms with E-state index in [2.05, 4.69) is 15.4 Å². The molecule has 2 bridgehead atoms. The summed E-state index contributed by atoms with van der Waals surface area (Å²) in [6.07, 6.45) is 2.56. The van der Waals surface area contributed by atoms with Crippen LogP contribution in [0, 0.1) is 5.82 Å². The third-order valence-electron chi connectivity index (χ3n) is 5.19. The molecule has 0 saturated carbocycles. The molecule has 1 aromatic carbocycles. The molecule has 4 rings (SSSR count). The number of aliphatic carboxylic acids is 1. The van der Waals surface area contributed by atoms with Crippen LogP contribution in [-0.2, 0) is 30.8 Å². The van der Waals surface area contributed by atoms with Crippen LogP contribution < -0.4 is 10.5 Å². The number of ether oxygens (including phenoxy) is 1. The van der Waals surface area contributed by atoms with Crippen molar-refractivity contribution in [3.63, 3.8) is 0 Å². The van der Waals surface area contributed by atoms with E-state index in [1.165, 1.54) is 11.7 Å². The highest BCUT2D eigenvalue weighted by atomic mass is 32.2. The highest BCUT2D eigenvalue weighted by Gasteiger charge is 2.44. The van der Waals surface area contributed by atoms with Gasteiger partial charge in [-0.2, -0.15) is 5.10 Å². The molecule has 32 heavy (non-hydrogen) atoms.